The summed E-state index contributed by atoms with van der Waals surface area (Å²) in [5.74, 6) is 0. The van der Waals surface area contributed by atoms with E-state index in [4.69, 9.17) is 10.5 Å². The second-order valence-corrected chi connectivity index (χ2v) is 5.54. The SMILES string of the molecule is CC(C)(C)OCCN1CCc2c(N)cccc21. The Balaban J connectivity index is 1.96. The summed E-state index contributed by atoms with van der Waals surface area (Å²) in [7, 11) is 0. The van der Waals surface area contributed by atoms with E-state index < -0.39 is 0 Å². The van der Waals surface area contributed by atoms with E-state index in [2.05, 4.69) is 31.7 Å². The van der Waals surface area contributed by atoms with Crippen molar-refractivity contribution in [2.45, 2.75) is 32.8 Å². The minimum absolute atomic E-state index is 0.0573. The number of fused-ring (bicyclic) bond motifs is 1. The molecule has 3 nitrogen and oxygen atoms in total. The molecule has 0 bridgehead atoms. The molecule has 0 aliphatic carbocycles. The third-order valence-electron chi connectivity index (χ3n) is 3.06. The fourth-order valence-corrected chi connectivity index (χ4v) is 2.22. The molecule has 17 heavy (non-hydrogen) atoms. The molecule has 0 amide bonds. The second-order valence-electron chi connectivity index (χ2n) is 5.54. The molecule has 2 rings (SSSR count). The van der Waals surface area contributed by atoms with Crippen molar-refractivity contribution in [2.75, 3.05) is 30.3 Å². The number of rotatable bonds is 3. The maximum atomic E-state index is 5.97. The van der Waals surface area contributed by atoms with Crippen LogP contribution in [0.2, 0.25) is 0 Å². The first kappa shape index (κ1) is 12.2. The molecule has 1 aliphatic rings. The quantitative estimate of drug-likeness (QED) is 0.816. The van der Waals surface area contributed by atoms with Gasteiger partial charge in [-0.3, -0.25) is 0 Å². The van der Waals surface area contributed by atoms with E-state index in [1.807, 2.05) is 12.1 Å². The Bertz CT molecular complexity index is 396. The number of anilines is 2. The molecule has 1 heterocycles. The highest BCUT2D eigenvalue weighted by Gasteiger charge is 2.20. The molecule has 0 saturated carbocycles. The zero-order chi connectivity index (χ0) is 12.5. The topological polar surface area (TPSA) is 38.5 Å². The zero-order valence-corrected chi connectivity index (χ0v) is 11.0. The summed E-state index contributed by atoms with van der Waals surface area (Å²) in [4.78, 5) is 2.36. The zero-order valence-electron chi connectivity index (χ0n) is 11.0. The van der Waals surface area contributed by atoms with Gasteiger partial charge in [-0.1, -0.05) is 6.07 Å². The van der Waals surface area contributed by atoms with Crippen molar-refractivity contribution >= 4 is 11.4 Å². The summed E-state index contributed by atoms with van der Waals surface area (Å²) in [5, 5.41) is 0. The van der Waals surface area contributed by atoms with Gasteiger partial charge in [-0.25, -0.2) is 0 Å². The predicted molar refractivity (Wildman–Crippen MR) is 72.5 cm³/mol. The van der Waals surface area contributed by atoms with Crippen LogP contribution in [0.1, 0.15) is 26.3 Å². The van der Waals surface area contributed by atoms with Crippen LogP contribution in [0.4, 0.5) is 11.4 Å². The lowest BCUT2D eigenvalue weighted by Crippen LogP contribution is -2.29. The largest absolute Gasteiger partial charge is 0.398 e. The normalized spacial score (nSPS) is 15.1. The third kappa shape index (κ3) is 2.91. The van der Waals surface area contributed by atoms with E-state index in [0.29, 0.717) is 0 Å². The first-order valence-electron chi connectivity index (χ1n) is 6.24. The van der Waals surface area contributed by atoms with Crippen molar-refractivity contribution in [1.29, 1.82) is 0 Å². The van der Waals surface area contributed by atoms with Crippen LogP contribution < -0.4 is 10.6 Å². The van der Waals surface area contributed by atoms with Crippen LogP contribution in [-0.4, -0.2) is 25.3 Å². The van der Waals surface area contributed by atoms with E-state index in [9.17, 15) is 0 Å². The van der Waals surface area contributed by atoms with Crippen LogP contribution in [0.5, 0.6) is 0 Å². The predicted octanol–water partition coefficient (Wildman–Crippen LogP) is 2.45. The first-order chi connectivity index (χ1) is 7.97. The van der Waals surface area contributed by atoms with Gasteiger partial charge >= 0.3 is 0 Å². The van der Waals surface area contributed by atoms with E-state index in [1.165, 1.54) is 11.3 Å². The van der Waals surface area contributed by atoms with Gasteiger partial charge in [0.1, 0.15) is 0 Å². The van der Waals surface area contributed by atoms with E-state index >= 15 is 0 Å². The molecule has 1 aliphatic heterocycles. The molecule has 94 valence electrons. The van der Waals surface area contributed by atoms with Crippen molar-refractivity contribution in [1.82, 2.24) is 0 Å². The van der Waals surface area contributed by atoms with Gasteiger partial charge in [0, 0.05) is 30.0 Å². The van der Waals surface area contributed by atoms with Crippen molar-refractivity contribution < 1.29 is 4.74 Å². The van der Waals surface area contributed by atoms with E-state index in [0.717, 1.165) is 31.8 Å². The van der Waals surface area contributed by atoms with Crippen LogP contribution in [0.25, 0.3) is 0 Å². The van der Waals surface area contributed by atoms with E-state index in [-0.39, 0.29) is 5.60 Å². The van der Waals surface area contributed by atoms with Crippen molar-refractivity contribution in [3.63, 3.8) is 0 Å². The fourth-order valence-electron chi connectivity index (χ4n) is 2.22. The highest BCUT2D eigenvalue weighted by molar-refractivity contribution is 5.68. The molecule has 0 unspecified atom stereocenters. The number of hydrogen-bond donors (Lipinski definition) is 1. The van der Waals surface area contributed by atoms with Gasteiger partial charge in [-0.2, -0.15) is 0 Å². The first-order valence-corrected chi connectivity index (χ1v) is 6.24. The average molecular weight is 234 g/mol. The second kappa shape index (κ2) is 4.57. The van der Waals surface area contributed by atoms with Crippen LogP contribution in [-0.2, 0) is 11.2 Å². The Morgan fingerprint density at radius 3 is 2.82 bits per heavy atom. The number of hydrogen-bond acceptors (Lipinski definition) is 3. The molecule has 1 aromatic rings. The minimum atomic E-state index is -0.0573. The van der Waals surface area contributed by atoms with Gasteiger partial charge in [0.2, 0.25) is 0 Å². The highest BCUT2D eigenvalue weighted by atomic mass is 16.5. The maximum Gasteiger partial charge on any atom is 0.0648 e. The van der Waals surface area contributed by atoms with Gasteiger partial charge in [0.05, 0.1) is 12.2 Å². The van der Waals surface area contributed by atoms with Gasteiger partial charge < -0.3 is 15.4 Å². The van der Waals surface area contributed by atoms with Crippen molar-refractivity contribution in [2.24, 2.45) is 0 Å². The van der Waals surface area contributed by atoms with Gasteiger partial charge in [0.25, 0.3) is 0 Å². The number of benzene rings is 1. The molecule has 0 atom stereocenters. The molecule has 1 aromatic carbocycles. The van der Waals surface area contributed by atoms with Crippen molar-refractivity contribution in [3.8, 4) is 0 Å². The number of ether oxygens (including phenoxy) is 1. The molecule has 0 aromatic heterocycles. The maximum absolute atomic E-state index is 5.97. The van der Waals surface area contributed by atoms with Crippen molar-refractivity contribution in [3.05, 3.63) is 23.8 Å². The molecule has 2 N–H and O–H groups in total. The Labute approximate surface area is 104 Å². The number of nitrogens with zero attached hydrogens (tertiary/aromatic N) is 1. The van der Waals surface area contributed by atoms with Crippen LogP contribution in [0.3, 0.4) is 0 Å². The monoisotopic (exact) mass is 234 g/mol. The molecule has 0 radical (unpaired) electrons. The Morgan fingerprint density at radius 2 is 2.12 bits per heavy atom. The summed E-state index contributed by atoms with van der Waals surface area (Å²) in [5.41, 5.74) is 9.41. The third-order valence-corrected chi connectivity index (χ3v) is 3.06. The Kier molecular flexibility index (Phi) is 3.29. The minimum Gasteiger partial charge on any atom is -0.398 e. The Morgan fingerprint density at radius 1 is 1.35 bits per heavy atom. The molecule has 0 saturated heterocycles. The Hall–Kier alpha value is -1.22. The van der Waals surface area contributed by atoms with Gasteiger partial charge in [0.15, 0.2) is 0 Å². The lowest BCUT2D eigenvalue weighted by atomic mass is 10.1. The average Bonchev–Trinajstić information content (AvgIpc) is 2.61. The lowest BCUT2D eigenvalue weighted by molar-refractivity contribution is 0.00148. The summed E-state index contributed by atoms with van der Waals surface area (Å²) in [6.45, 7) is 9.01. The summed E-state index contributed by atoms with van der Waals surface area (Å²) < 4.78 is 5.76. The van der Waals surface area contributed by atoms with Crippen LogP contribution in [0.15, 0.2) is 18.2 Å². The van der Waals surface area contributed by atoms with Crippen LogP contribution >= 0.6 is 0 Å². The summed E-state index contributed by atoms with van der Waals surface area (Å²) in [6.07, 6.45) is 1.05. The molecule has 3 heteroatoms. The van der Waals surface area contributed by atoms with E-state index in [1.54, 1.807) is 0 Å². The lowest BCUT2D eigenvalue weighted by Gasteiger charge is -2.24. The number of nitrogen functional groups attached to an aromatic ring is 1. The molecule has 0 fully saturated rings. The number of nitrogens with two attached hydrogens (primary N) is 1. The molecule has 0 spiro atoms. The summed E-state index contributed by atoms with van der Waals surface area (Å²) >= 11 is 0. The summed E-state index contributed by atoms with van der Waals surface area (Å²) in [6, 6.07) is 6.15. The van der Waals surface area contributed by atoms with Crippen LogP contribution in [0, 0.1) is 0 Å². The highest BCUT2D eigenvalue weighted by Crippen LogP contribution is 2.31. The van der Waals surface area contributed by atoms with Gasteiger partial charge in [-0.05, 0) is 39.3 Å². The standard InChI is InChI=1S/C14H22N2O/c1-14(2,3)17-10-9-16-8-7-11-12(15)5-4-6-13(11)16/h4-6H,7-10,15H2,1-3H3. The molecular weight excluding hydrogens is 212 g/mol. The fraction of sp³-hybridized carbons (Fsp3) is 0.571. The molecular formula is C14H22N2O. The smallest absolute Gasteiger partial charge is 0.0648 e. The van der Waals surface area contributed by atoms with Gasteiger partial charge in [-0.15, -0.1) is 0 Å².